The first-order chi connectivity index (χ1) is 14.8. The van der Waals surface area contributed by atoms with Gasteiger partial charge in [-0.1, -0.05) is 42.5 Å². The third-order valence-corrected chi connectivity index (χ3v) is 4.83. The van der Waals surface area contributed by atoms with E-state index in [1.54, 1.807) is 19.6 Å². The van der Waals surface area contributed by atoms with Gasteiger partial charge < -0.3 is 14.5 Å². The van der Waals surface area contributed by atoms with Gasteiger partial charge in [0.15, 0.2) is 0 Å². The zero-order valence-corrected chi connectivity index (χ0v) is 16.8. The van der Waals surface area contributed by atoms with Crippen molar-refractivity contribution in [2.75, 3.05) is 7.11 Å². The molecular weight excluding hydrogens is 374 g/mol. The summed E-state index contributed by atoms with van der Waals surface area (Å²) >= 11 is 0. The van der Waals surface area contributed by atoms with E-state index in [1.165, 1.54) is 0 Å². The molecule has 0 amide bonds. The molecule has 0 aliphatic carbocycles. The van der Waals surface area contributed by atoms with Crippen molar-refractivity contribution in [3.05, 3.63) is 103 Å². The first-order valence-corrected chi connectivity index (χ1v) is 9.76. The van der Waals surface area contributed by atoms with Crippen molar-refractivity contribution in [1.82, 2.24) is 15.0 Å². The van der Waals surface area contributed by atoms with E-state index >= 15 is 0 Å². The Kier molecular flexibility index (Phi) is 5.90. The Morgan fingerprint density at radius 1 is 1.17 bits per heavy atom. The number of nitrogens with one attached hydrogen (secondary N) is 1. The molecule has 3 heterocycles. The minimum Gasteiger partial charge on any atom is -0.481 e. The molecule has 5 nitrogen and oxygen atoms in total. The number of benzene rings is 1. The summed E-state index contributed by atoms with van der Waals surface area (Å²) in [5.41, 5.74) is 5.10. The number of aromatic amines is 1. The van der Waals surface area contributed by atoms with E-state index in [0.717, 1.165) is 52.3 Å². The molecule has 0 unspecified atom stereocenters. The predicted octanol–water partition coefficient (Wildman–Crippen LogP) is 5.79. The molecule has 1 aliphatic heterocycles. The summed E-state index contributed by atoms with van der Waals surface area (Å²) in [6.07, 6.45) is 14.9. The zero-order valence-electron chi connectivity index (χ0n) is 16.8. The molecule has 1 N–H and O–H groups in total. The molecule has 4 rings (SSSR count). The molecule has 0 saturated heterocycles. The van der Waals surface area contributed by atoms with E-state index in [9.17, 15) is 0 Å². The lowest BCUT2D eigenvalue weighted by Crippen LogP contribution is -1.93. The lowest BCUT2D eigenvalue weighted by atomic mass is 10.0. The van der Waals surface area contributed by atoms with Crippen LogP contribution in [0.15, 0.2) is 91.8 Å². The maximum absolute atomic E-state index is 6.27. The number of ether oxygens (including phenoxy) is 2. The van der Waals surface area contributed by atoms with E-state index in [4.69, 9.17) is 9.47 Å². The highest BCUT2D eigenvalue weighted by molar-refractivity contribution is 5.78. The fourth-order valence-electron chi connectivity index (χ4n) is 3.26. The normalized spacial score (nSPS) is 15.0. The number of pyridine rings is 1. The molecule has 0 atom stereocenters. The smallest absolute Gasteiger partial charge is 0.212 e. The Bertz CT molecular complexity index is 1090. The highest BCUT2D eigenvalue weighted by Gasteiger charge is 2.18. The van der Waals surface area contributed by atoms with Crippen LogP contribution in [0.2, 0.25) is 0 Å². The van der Waals surface area contributed by atoms with Gasteiger partial charge in [-0.05, 0) is 24.1 Å². The van der Waals surface area contributed by atoms with Gasteiger partial charge in [0.2, 0.25) is 5.88 Å². The summed E-state index contributed by atoms with van der Waals surface area (Å²) in [7, 11) is 1.61. The first kappa shape index (κ1) is 19.5. The summed E-state index contributed by atoms with van der Waals surface area (Å²) < 4.78 is 11.4. The Balaban J connectivity index is 1.59. The topological polar surface area (TPSA) is 60.0 Å². The van der Waals surface area contributed by atoms with Gasteiger partial charge in [0.05, 0.1) is 25.3 Å². The molecule has 0 radical (unpaired) electrons. The molecule has 5 heteroatoms. The number of hydrogen-bond donors (Lipinski definition) is 1. The van der Waals surface area contributed by atoms with Crippen LogP contribution in [-0.2, 0) is 4.74 Å². The van der Waals surface area contributed by atoms with Crippen molar-refractivity contribution in [2.24, 2.45) is 0 Å². The van der Waals surface area contributed by atoms with E-state index in [-0.39, 0.29) is 0 Å². The molecule has 1 aromatic carbocycles. The minimum atomic E-state index is 0.585. The number of nitrogens with zero attached hydrogens (tertiary/aromatic N) is 2. The summed E-state index contributed by atoms with van der Waals surface area (Å²) in [6, 6.07) is 12.1. The van der Waals surface area contributed by atoms with Crippen LogP contribution >= 0.6 is 0 Å². The summed E-state index contributed by atoms with van der Waals surface area (Å²) in [5.74, 6) is 2.34. The zero-order chi connectivity index (χ0) is 20.8. The van der Waals surface area contributed by atoms with Crippen LogP contribution in [0.25, 0.3) is 22.6 Å². The number of aromatic nitrogens is 3. The van der Waals surface area contributed by atoms with Crippen LogP contribution in [0.5, 0.6) is 5.88 Å². The fourth-order valence-corrected chi connectivity index (χ4v) is 3.26. The van der Waals surface area contributed by atoms with Gasteiger partial charge >= 0.3 is 0 Å². The highest BCUT2D eigenvalue weighted by Crippen LogP contribution is 2.35. The van der Waals surface area contributed by atoms with Crippen LogP contribution in [0, 0.1) is 0 Å². The Morgan fingerprint density at radius 3 is 2.67 bits per heavy atom. The van der Waals surface area contributed by atoms with Gasteiger partial charge in [-0.25, -0.2) is 9.97 Å². The molecule has 3 aromatic rings. The number of hydrogen-bond acceptors (Lipinski definition) is 4. The van der Waals surface area contributed by atoms with Gasteiger partial charge in [0, 0.05) is 35.4 Å². The third kappa shape index (κ3) is 4.25. The van der Waals surface area contributed by atoms with E-state index in [0.29, 0.717) is 5.88 Å². The van der Waals surface area contributed by atoms with Crippen LogP contribution in [0.4, 0.5) is 0 Å². The maximum atomic E-state index is 6.27. The first-order valence-electron chi connectivity index (χ1n) is 9.76. The van der Waals surface area contributed by atoms with E-state index in [1.807, 2.05) is 24.4 Å². The molecule has 150 valence electrons. The largest absolute Gasteiger partial charge is 0.481 e. The summed E-state index contributed by atoms with van der Waals surface area (Å²) in [5, 5.41) is 0. The number of allylic oxidation sites excluding steroid dienone is 5. The van der Waals surface area contributed by atoms with Crippen LogP contribution < -0.4 is 4.74 Å². The van der Waals surface area contributed by atoms with Gasteiger partial charge in [-0.2, -0.15) is 0 Å². The average molecular weight is 397 g/mol. The molecule has 0 saturated carbocycles. The standard InChI is InChI=1S/C25H23N3O2/c1-3-4-5-6-21(20-11-14-25(29-2)27-15-20)24-13-12-23(30-24)19-9-7-18(8-10-19)22-16-26-17-28-22/h3,5-12,14-17H,1,4,13H2,2H3,(H,26,28). The van der Waals surface area contributed by atoms with Crippen LogP contribution in [-0.4, -0.2) is 22.1 Å². The van der Waals surface area contributed by atoms with Gasteiger partial charge in [0.25, 0.3) is 0 Å². The third-order valence-electron chi connectivity index (χ3n) is 4.83. The highest BCUT2D eigenvalue weighted by atomic mass is 16.5. The fraction of sp³-hybridized carbons (Fsp3) is 0.120. The number of H-pyrrole nitrogens is 1. The minimum absolute atomic E-state index is 0.585. The van der Waals surface area contributed by atoms with Crippen molar-refractivity contribution in [1.29, 1.82) is 0 Å². The van der Waals surface area contributed by atoms with E-state index in [2.05, 4.69) is 64.0 Å². The summed E-state index contributed by atoms with van der Waals surface area (Å²) in [6.45, 7) is 3.78. The van der Waals surface area contributed by atoms with Crippen molar-refractivity contribution in [3.63, 3.8) is 0 Å². The Hall–Kier alpha value is -3.86. The van der Waals surface area contributed by atoms with Gasteiger partial charge in [-0.3, -0.25) is 0 Å². The lowest BCUT2D eigenvalue weighted by Gasteiger charge is -2.11. The average Bonchev–Trinajstić information content (AvgIpc) is 3.50. The summed E-state index contributed by atoms with van der Waals surface area (Å²) in [4.78, 5) is 11.5. The molecule has 2 aromatic heterocycles. The van der Waals surface area contributed by atoms with Gasteiger partial charge in [-0.15, -0.1) is 6.58 Å². The van der Waals surface area contributed by atoms with Crippen molar-refractivity contribution < 1.29 is 9.47 Å². The Morgan fingerprint density at radius 2 is 2.00 bits per heavy atom. The SMILES string of the molecule is C=CCC=CC(=C1CC=C(c2ccc(-c3cnc[nH]3)cc2)O1)c1ccc(OC)nc1. The predicted molar refractivity (Wildman–Crippen MR) is 119 cm³/mol. The lowest BCUT2D eigenvalue weighted by molar-refractivity contribution is 0.396. The second kappa shape index (κ2) is 9.09. The van der Waals surface area contributed by atoms with Crippen molar-refractivity contribution in [3.8, 4) is 17.1 Å². The second-order valence-electron chi connectivity index (χ2n) is 6.77. The number of rotatable bonds is 7. The molecule has 1 aliphatic rings. The maximum Gasteiger partial charge on any atom is 0.212 e. The Labute approximate surface area is 176 Å². The molecule has 0 spiro atoms. The van der Waals surface area contributed by atoms with Gasteiger partial charge in [0.1, 0.15) is 11.5 Å². The monoisotopic (exact) mass is 397 g/mol. The number of methoxy groups -OCH3 is 1. The molecular formula is C25H23N3O2. The van der Waals surface area contributed by atoms with E-state index < -0.39 is 0 Å². The van der Waals surface area contributed by atoms with Crippen molar-refractivity contribution >= 4 is 11.3 Å². The van der Waals surface area contributed by atoms with Crippen LogP contribution in [0.1, 0.15) is 24.0 Å². The quantitative estimate of drug-likeness (QED) is 0.513. The molecule has 30 heavy (non-hydrogen) atoms. The second-order valence-corrected chi connectivity index (χ2v) is 6.77. The molecule has 0 bridgehead atoms. The van der Waals surface area contributed by atoms with Crippen molar-refractivity contribution in [2.45, 2.75) is 12.8 Å². The number of imidazole rings is 1. The molecule has 0 fully saturated rings. The van der Waals surface area contributed by atoms with Crippen LogP contribution in [0.3, 0.4) is 0 Å².